The first kappa shape index (κ1) is 21.4. The van der Waals surface area contributed by atoms with Crippen molar-refractivity contribution >= 4 is 16.7 Å². The molecular formula is C25H30N2O4. The minimum absolute atomic E-state index is 0.0294. The van der Waals surface area contributed by atoms with Crippen LogP contribution in [0.5, 0.6) is 11.5 Å². The van der Waals surface area contributed by atoms with E-state index < -0.39 is 6.10 Å². The molecule has 31 heavy (non-hydrogen) atoms. The highest BCUT2D eigenvalue weighted by atomic mass is 16.5. The highest BCUT2D eigenvalue weighted by Crippen LogP contribution is 2.34. The van der Waals surface area contributed by atoms with E-state index in [-0.39, 0.29) is 12.4 Å². The third kappa shape index (κ3) is 5.09. The van der Waals surface area contributed by atoms with E-state index in [1.54, 1.807) is 31.4 Å². The standard InChI is InChI=1S/C25H30N2O4/c1-17(28)18-3-5-21(6-4-18)31-16-20(29)15-27-11-9-19(10-12-27)24-14-26-25-8-7-22(30-2)13-23(24)25/h3-8,13-14,19-20,26,29H,9-12,15-16H2,1-2H3. The maximum atomic E-state index is 11.3. The van der Waals surface area contributed by atoms with Crippen molar-refractivity contribution < 1.29 is 19.4 Å². The summed E-state index contributed by atoms with van der Waals surface area (Å²) in [5.74, 6) is 2.08. The molecule has 1 saturated heterocycles. The zero-order chi connectivity index (χ0) is 21.8. The third-order valence-electron chi connectivity index (χ3n) is 6.12. The third-order valence-corrected chi connectivity index (χ3v) is 6.12. The van der Waals surface area contributed by atoms with Gasteiger partial charge in [-0.1, -0.05) is 0 Å². The van der Waals surface area contributed by atoms with Crippen molar-refractivity contribution in [3.63, 3.8) is 0 Å². The number of β-amino-alcohol motifs (C(OH)–C–C–N with tert-alkyl or cyclic N) is 1. The first-order valence-corrected chi connectivity index (χ1v) is 10.8. The number of nitrogens with one attached hydrogen (secondary N) is 1. The monoisotopic (exact) mass is 422 g/mol. The summed E-state index contributed by atoms with van der Waals surface area (Å²) >= 11 is 0. The number of aromatic amines is 1. The van der Waals surface area contributed by atoms with Crippen molar-refractivity contribution in [3.05, 3.63) is 59.8 Å². The predicted octanol–water partition coefficient (Wildman–Crippen LogP) is 4.00. The Balaban J connectivity index is 1.26. The SMILES string of the molecule is COc1ccc2[nH]cc(C3CCN(CC(O)COc4ccc(C(C)=O)cc4)CC3)c2c1. The van der Waals surface area contributed by atoms with Crippen LogP contribution >= 0.6 is 0 Å². The average molecular weight is 423 g/mol. The molecule has 2 heterocycles. The van der Waals surface area contributed by atoms with Crippen LogP contribution in [0.15, 0.2) is 48.7 Å². The Morgan fingerprint density at radius 3 is 2.55 bits per heavy atom. The number of hydrogen-bond acceptors (Lipinski definition) is 5. The van der Waals surface area contributed by atoms with Crippen LogP contribution in [0.2, 0.25) is 0 Å². The summed E-state index contributed by atoms with van der Waals surface area (Å²) < 4.78 is 11.1. The number of ether oxygens (including phenoxy) is 2. The zero-order valence-corrected chi connectivity index (χ0v) is 18.1. The number of likely N-dealkylation sites (tertiary alicyclic amines) is 1. The molecule has 164 valence electrons. The smallest absolute Gasteiger partial charge is 0.159 e. The molecule has 1 aromatic heterocycles. The van der Waals surface area contributed by atoms with Crippen LogP contribution in [-0.2, 0) is 0 Å². The van der Waals surface area contributed by atoms with Gasteiger partial charge in [-0.15, -0.1) is 0 Å². The summed E-state index contributed by atoms with van der Waals surface area (Å²) in [6, 6.07) is 13.2. The molecule has 0 saturated carbocycles. The number of methoxy groups -OCH3 is 1. The number of Topliss-reactive ketones (excluding diaryl/α,β-unsaturated/α-hetero) is 1. The van der Waals surface area contributed by atoms with Crippen molar-refractivity contribution in [2.45, 2.75) is 31.8 Å². The van der Waals surface area contributed by atoms with Gasteiger partial charge in [0, 0.05) is 29.2 Å². The van der Waals surface area contributed by atoms with Gasteiger partial charge in [0.25, 0.3) is 0 Å². The second-order valence-electron chi connectivity index (χ2n) is 8.28. The number of rotatable bonds is 8. The number of benzene rings is 2. The van der Waals surface area contributed by atoms with Crippen LogP contribution in [0.4, 0.5) is 0 Å². The molecule has 6 heteroatoms. The van der Waals surface area contributed by atoms with Gasteiger partial charge in [0.15, 0.2) is 5.78 Å². The van der Waals surface area contributed by atoms with Gasteiger partial charge in [0.2, 0.25) is 0 Å². The summed E-state index contributed by atoms with van der Waals surface area (Å²) in [6.07, 6.45) is 3.69. The topological polar surface area (TPSA) is 74.8 Å². The van der Waals surface area contributed by atoms with E-state index in [0.717, 1.165) is 37.2 Å². The van der Waals surface area contributed by atoms with Crippen LogP contribution in [0, 0.1) is 0 Å². The first-order chi connectivity index (χ1) is 15.0. The molecule has 3 aromatic rings. The van der Waals surface area contributed by atoms with E-state index in [0.29, 0.717) is 23.8 Å². The van der Waals surface area contributed by atoms with Crippen LogP contribution in [-0.4, -0.2) is 60.2 Å². The molecule has 1 atom stereocenters. The second kappa shape index (κ2) is 9.54. The Labute approximate surface area is 182 Å². The number of H-pyrrole nitrogens is 1. The number of carbonyl (C=O) groups is 1. The van der Waals surface area contributed by atoms with Crippen LogP contribution < -0.4 is 9.47 Å². The number of fused-ring (bicyclic) bond motifs is 1. The van der Waals surface area contributed by atoms with E-state index in [4.69, 9.17) is 9.47 Å². The Hall–Kier alpha value is -2.83. The molecule has 1 aliphatic heterocycles. The van der Waals surface area contributed by atoms with Gasteiger partial charge in [-0.05, 0) is 86.8 Å². The number of hydrogen-bond donors (Lipinski definition) is 2. The molecule has 1 fully saturated rings. The molecule has 0 amide bonds. The summed E-state index contributed by atoms with van der Waals surface area (Å²) in [6.45, 7) is 4.27. The Kier molecular flexibility index (Phi) is 6.59. The quantitative estimate of drug-likeness (QED) is 0.537. The number of piperidine rings is 1. The fraction of sp³-hybridized carbons (Fsp3) is 0.400. The van der Waals surface area contributed by atoms with Crippen molar-refractivity contribution in [1.29, 1.82) is 0 Å². The lowest BCUT2D eigenvalue weighted by molar-refractivity contribution is 0.0595. The molecule has 1 unspecified atom stereocenters. The van der Waals surface area contributed by atoms with E-state index in [2.05, 4.69) is 28.2 Å². The predicted molar refractivity (Wildman–Crippen MR) is 121 cm³/mol. The molecule has 2 aromatic carbocycles. The van der Waals surface area contributed by atoms with Gasteiger partial charge >= 0.3 is 0 Å². The number of aliphatic hydroxyl groups is 1. The Bertz CT molecular complexity index is 1020. The summed E-state index contributed by atoms with van der Waals surface area (Å²) in [5, 5.41) is 11.7. The van der Waals surface area contributed by atoms with Gasteiger partial charge in [-0.25, -0.2) is 0 Å². The zero-order valence-electron chi connectivity index (χ0n) is 18.1. The normalized spacial score (nSPS) is 16.4. The molecular weight excluding hydrogens is 392 g/mol. The van der Waals surface area contributed by atoms with Crippen molar-refractivity contribution in [2.75, 3.05) is 33.4 Å². The van der Waals surface area contributed by atoms with Crippen LogP contribution in [0.25, 0.3) is 10.9 Å². The number of aromatic nitrogens is 1. The van der Waals surface area contributed by atoms with E-state index in [9.17, 15) is 9.90 Å². The summed E-state index contributed by atoms with van der Waals surface area (Å²) in [5.41, 5.74) is 3.15. The van der Waals surface area contributed by atoms with E-state index >= 15 is 0 Å². The van der Waals surface area contributed by atoms with Crippen molar-refractivity contribution in [3.8, 4) is 11.5 Å². The lowest BCUT2D eigenvalue weighted by Gasteiger charge is -2.33. The molecule has 0 bridgehead atoms. The van der Waals surface area contributed by atoms with E-state index in [1.807, 2.05) is 6.07 Å². The number of nitrogens with zero attached hydrogens (tertiary/aromatic N) is 1. The Morgan fingerprint density at radius 2 is 1.87 bits per heavy atom. The van der Waals surface area contributed by atoms with Gasteiger partial charge < -0.3 is 24.5 Å². The summed E-state index contributed by atoms with van der Waals surface area (Å²) in [4.78, 5) is 17.0. The molecule has 2 N–H and O–H groups in total. The maximum absolute atomic E-state index is 11.3. The lowest BCUT2D eigenvalue weighted by atomic mass is 9.89. The number of carbonyl (C=O) groups excluding carboxylic acids is 1. The average Bonchev–Trinajstić information content (AvgIpc) is 3.21. The highest BCUT2D eigenvalue weighted by molar-refractivity contribution is 5.94. The van der Waals surface area contributed by atoms with Gasteiger partial charge in [-0.3, -0.25) is 4.79 Å². The molecule has 0 radical (unpaired) electrons. The van der Waals surface area contributed by atoms with Gasteiger partial charge in [-0.2, -0.15) is 0 Å². The fourth-order valence-corrected chi connectivity index (χ4v) is 4.34. The Morgan fingerprint density at radius 1 is 1.16 bits per heavy atom. The first-order valence-electron chi connectivity index (χ1n) is 10.8. The van der Waals surface area contributed by atoms with Crippen molar-refractivity contribution in [1.82, 2.24) is 9.88 Å². The second-order valence-corrected chi connectivity index (χ2v) is 8.28. The molecule has 6 nitrogen and oxygen atoms in total. The van der Waals surface area contributed by atoms with Crippen LogP contribution in [0.1, 0.15) is 41.6 Å². The van der Waals surface area contributed by atoms with E-state index in [1.165, 1.54) is 17.9 Å². The van der Waals surface area contributed by atoms with Gasteiger partial charge in [0.1, 0.15) is 24.2 Å². The minimum Gasteiger partial charge on any atom is -0.497 e. The number of aliphatic hydroxyl groups excluding tert-OH is 1. The van der Waals surface area contributed by atoms with Gasteiger partial charge in [0.05, 0.1) is 7.11 Å². The molecule has 0 spiro atoms. The van der Waals surface area contributed by atoms with Crippen molar-refractivity contribution in [2.24, 2.45) is 0 Å². The highest BCUT2D eigenvalue weighted by Gasteiger charge is 2.24. The summed E-state index contributed by atoms with van der Waals surface area (Å²) in [7, 11) is 1.70. The largest absolute Gasteiger partial charge is 0.497 e. The minimum atomic E-state index is -0.554. The lowest BCUT2D eigenvalue weighted by Crippen LogP contribution is -2.40. The molecule has 1 aliphatic rings. The fourth-order valence-electron chi connectivity index (χ4n) is 4.34. The van der Waals surface area contributed by atoms with Crippen LogP contribution in [0.3, 0.4) is 0 Å². The number of ketones is 1. The maximum Gasteiger partial charge on any atom is 0.159 e. The molecule has 0 aliphatic carbocycles. The molecule has 4 rings (SSSR count).